The standard InChI is InChI=1S/C23H22Cl2N2O3S/c1-14(13-26(2)3)27(22(28)17-10-9-16(24)11-18(17)25)19-12-20(31-21(19)23(29)30)15-7-5-4-6-8-15/h4-12,14H,13H2,1-3H3,(H,29,30). The van der Waals surface area contributed by atoms with Crippen molar-refractivity contribution in [3.63, 3.8) is 0 Å². The Labute approximate surface area is 195 Å². The number of hydrogen-bond acceptors (Lipinski definition) is 4. The van der Waals surface area contributed by atoms with Crippen molar-refractivity contribution in [3.05, 3.63) is 75.1 Å². The third kappa shape index (κ3) is 5.28. The molecule has 0 aliphatic carbocycles. The van der Waals surface area contributed by atoms with E-state index in [9.17, 15) is 14.7 Å². The summed E-state index contributed by atoms with van der Waals surface area (Å²) in [6.07, 6.45) is 0. The van der Waals surface area contributed by atoms with E-state index in [0.29, 0.717) is 17.3 Å². The van der Waals surface area contributed by atoms with Gasteiger partial charge in [-0.25, -0.2) is 4.79 Å². The second-order valence-electron chi connectivity index (χ2n) is 7.41. The predicted molar refractivity (Wildman–Crippen MR) is 128 cm³/mol. The molecular formula is C23H22Cl2N2O3S. The molecular weight excluding hydrogens is 455 g/mol. The minimum atomic E-state index is -1.08. The van der Waals surface area contributed by atoms with Crippen LogP contribution in [0.4, 0.5) is 5.69 Å². The van der Waals surface area contributed by atoms with Gasteiger partial charge in [0.05, 0.1) is 16.3 Å². The highest BCUT2D eigenvalue weighted by Crippen LogP contribution is 2.39. The summed E-state index contributed by atoms with van der Waals surface area (Å²) in [4.78, 5) is 30.0. The largest absolute Gasteiger partial charge is 0.477 e. The molecule has 0 bridgehead atoms. The van der Waals surface area contributed by atoms with Crippen molar-refractivity contribution in [2.24, 2.45) is 0 Å². The van der Waals surface area contributed by atoms with Crippen LogP contribution in [0.3, 0.4) is 0 Å². The molecule has 8 heteroatoms. The van der Waals surface area contributed by atoms with Gasteiger partial charge in [0.1, 0.15) is 4.88 Å². The molecule has 0 saturated carbocycles. The topological polar surface area (TPSA) is 60.9 Å². The third-order valence-corrected chi connectivity index (χ3v) is 6.38. The van der Waals surface area contributed by atoms with Crippen LogP contribution in [0.5, 0.6) is 0 Å². The first-order valence-electron chi connectivity index (χ1n) is 9.55. The molecule has 162 valence electrons. The zero-order valence-corrected chi connectivity index (χ0v) is 19.6. The van der Waals surface area contributed by atoms with Crippen LogP contribution in [0.2, 0.25) is 10.0 Å². The first kappa shape index (κ1) is 23.3. The molecule has 5 nitrogen and oxygen atoms in total. The highest BCUT2D eigenvalue weighted by molar-refractivity contribution is 7.18. The zero-order valence-electron chi connectivity index (χ0n) is 17.3. The van der Waals surface area contributed by atoms with Gasteiger partial charge in [-0.3, -0.25) is 4.79 Å². The number of anilines is 1. The zero-order chi connectivity index (χ0) is 22.7. The fraction of sp³-hybridized carbons (Fsp3) is 0.217. The molecule has 1 heterocycles. The molecule has 1 amide bonds. The first-order valence-corrected chi connectivity index (χ1v) is 11.1. The Hall–Kier alpha value is -2.38. The lowest BCUT2D eigenvalue weighted by molar-refractivity contribution is 0.0703. The van der Waals surface area contributed by atoms with Crippen molar-refractivity contribution >= 4 is 52.1 Å². The summed E-state index contributed by atoms with van der Waals surface area (Å²) < 4.78 is 0. The fourth-order valence-electron chi connectivity index (χ4n) is 3.41. The first-order chi connectivity index (χ1) is 14.7. The number of carbonyl (C=O) groups excluding carboxylic acids is 1. The molecule has 1 aromatic heterocycles. The average Bonchev–Trinajstić information content (AvgIpc) is 3.13. The van der Waals surface area contributed by atoms with E-state index in [1.807, 2.05) is 56.3 Å². The number of nitrogens with zero attached hydrogens (tertiary/aromatic N) is 2. The summed E-state index contributed by atoms with van der Waals surface area (Å²) in [6.45, 7) is 2.42. The number of likely N-dealkylation sites (N-methyl/N-ethyl adjacent to an activating group) is 1. The van der Waals surface area contributed by atoms with Crippen molar-refractivity contribution in [2.75, 3.05) is 25.5 Å². The lowest BCUT2D eigenvalue weighted by atomic mass is 10.1. The molecule has 31 heavy (non-hydrogen) atoms. The highest BCUT2D eigenvalue weighted by Gasteiger charge is 2.31. The summed E-state index contributed by atoms with van der Waals surface area (Å²) >= 11 is 13.5. The van der Waals surface area contributed by atoms with Gasteiger partial charge in [0.2, 0.25) is 0 Å². The van der Waals surface area contributed by atoms with E-state index in [1.165, 1.54) is 11.0 Å². The van der Waals surface area contributed by atoms with Gasteiger partial charge in [-0.2, -0.15) is 0 Å². The number of carbonyl (C=O) groups is 2. The number of rotatable bonds is 7. The second-order valence-corrected chi connectivity index (χ2v) is 9.30. The molecule has 0 spiro atoms. The van der Waals surface area contributed by atoms with Crippen LogP contribution in [-0.2, 0) is 0 Å². The lowest BCUT2D eigenvalue weighted by Gasteiger charge is -2.31. The number of aromatic carboxylic acids is 1. The number of carboxylic acid groups (broad SMARTS) is 1. The molecule has 3 rings (SSSR count). The Morgan fingerprint density at radius 3 is 2.32 bits per heavy atom. The number of thiophene rings is 1. The van der Waals surface area contributed by atoms with Crippen LogP contribution in [0.25, 0.3) is 10.4 Å². The van der Waals surface area contributed by atoms with Gasteiger partial charge >= 0.3 is 5.97 Å². The van der Waals surface area contributed by atoms with Gasteiger partial charge in [-0.15, -0.1) is 11.3 Å². The number of benzene rings is 2. The van der Waals surface area contributed by atoms with Crippen molar-refractivity contribution < 1.29 is 14.7 Å². The SMILES string of the molecule is CC(CN(C)C)N(C(=O)c1ccc(Cl)cc1Cl)c1cc(-c2ccccc2)sc1C(=O)O. The van der Waals surface area contributed by atoms with Crippen LogP contribution in [-0.4, -0.2) is 48.6 Å². The predicted octanol–water partition coefficient (Wildman–Crippen LogP) is 6.02. The molecule has 0 fully saturated rings. The molecule has 1 unspecified atom stereocenters. The van der Waals surface area contributed by atoms with E-state index < -0.39 is 5.97 Å². The Balaban J connectivity index is 2.16. The fourth-order valence-corrected chi connectivity index (χ4v) is 4.89. The number of halogens is 2. The average molecular weight is 477 g/mol. The summed E-state index contributed by atoms with van der Waals surface area (Å²) in [7, 11) is 3.80. The molecule has 2 aromatic carbocycles. The van der Waals surface area contributed by atoms with Crippen molar-refractivity contribution in [1.29, 1.82) is 0 Å². The number of amides is 1. The van der Waals surface area contributed by atoms with Crippen LogP contribution >= 0.6 is 34.5 Å². The van der Waals surface area contributed by atoms with Crippen LogP contribution < -0.4 is 4.90 Å². The summed E-state index contributed by atoms with van der Waals surface area (Å²) in [5, 5.41) is 10.5. The van der Waals surface area contributed by atoms with E-state index in [2.05, 4.69) is 0 Å². The van der Waals surface area contributed by atoms with E-state index in [0.717, 1.165) is 21.8 Å². The lowest BCUT2D eigenvalue weighted by Crippen LogP contribution is -2.44. The molecule has 3 aromatic rings. The van der Waals surface area contributed by atoms with Gasteiger partial charge < -0.3 is 14.9 Å². The Morgan fingerprint density at radius 1 is 1.06 bits per heavy atom. The molecule has 0 aliphatic rings. The van der Waals surface area contributed by atoms with E-state index >= 15 is 0 Å². The Bertz CT molecular complexity index is 1100. The maximum Gasteiger partial charge on any atom is 0.348 e. The van der Waals surface area contributed by atoms with E-state index in [1.54, 1.807) is 18.2 Å². The number of hydrogen-bond donors (Lipinski definition) is 1. The molecule has 0 radical (unpaired) electrons. The van der Waals surface area contributed by atoms with Crippen LogP contribution in [0, 0.1) is 0 Å². The van der Waals surface area contributed by atoms with Gasteiger partial charge in [0.15, 0.2) is 0 Å². The molecule has 0 aliphatic heterocycles. The maximum atomic E-state index is 13.6. The minimum Gasteiger partial charge on any atom is -0.477 e. The van der Waals surface area contributed by atoms with Crippen molar-refractivity contribution in [2.45, 2.75) is 13.0 Å². The number of carboxylic acids is 1. The normalized spacial score (nSPS) is 12.1. The van der Waals surface area contributed by atoms with Gasteiger partial charge in [-0.1, -0.05) is 53.5 Å². The summed E-state index contributed by atoms with van der Waals surface area (Å²) in [6, 6.07) is 15.6. The highest BCUT2D eigenvalue weighted by atomic mass is 35.5. The second kappa shape index (κ2) is 9.83. The van der Waals surface area contributed by atoms with Crippen LogP contribution in [0.15, 0.2) is 54.6 Å². The minimum absolute atomic E-state index is 0.0999. The third-order valence-electron chi connectivity index (χ3n) is 4.68. The van der Waals surface area contributed by atoms with E-state index in [4.69, 9.17) is 23.2 Å². The summed E-state index contributed by atoms with van der Waals surface area (Å²) in [5.74, 6) is -1.46. The molecule has 0 saturated heterocycles. The van der Waals surface area contributed by atoms with Gasteiger partial charge in [-0.05, 0) is 50.8 Å². The summed E-state index contributed by atoms with van der Waals surface area (Å²) in [5.41, 5.74) is 1.50. The Kier molecular flexibility index (Phi) is 7.38. The van der Waals surface area contributed by atoms with E-state index in [-0.39, 0.29) is 27.4 Å². The van der Waals surface area contributed by atoms with Crippen LogP contribution in [0.1, 0.15) is 27.0 Å². The quantitative estimate of drug-likeness (QED) is 0.452. The molecule has 1 atom stereocenters. The monoisotopic (exact) mass is 476 g/mol. The molecule has 1 N–H and O–H groups in total. The van der Waals surface area contributed by atoms with Crippen molar-refractivity contribution in [3.8, 4) is 10.4 Å². The van der Waals surface area contributed by atoms with Gasteiger partial charge in [0, 0.05) is 22.5 Å². The maximum absolute atomic E-state index is 13.6. The van der Waals surface area contributed by atoms with Crippen molar-refractivity contribution in [1.82, 2.24) is 4.90 Å². The van der Waals surface area contributed by atoms with Gasteiger partial charge in [0.25, 0.3) is 5.91 Å². The Morgan fingerprint density at radius 2 is 1.74 bits per heavy atom. The smallest absolute Gasteiger partial charge is 0.348 e.